The molecule has 3 nitrogen and oxygen atoms in total. The van der Waals surface area contributed by atoms with Gasteiger partial charge in [-0.2, -0.15) is 13.2 Å². The molecule has 88 valence electrons. The maximum absolute atomic E-state index is 12.4. The van der Waals surface area contributed by atoms with Crippen LogP contribution < -0.4 is 10.6 Å². The lowest BCUT2D eigenvalue weighted by molar-refractivity contribution is -0.165. The Bertz CT molecular complexity index is 236. The van der Waals surface area contributed by atoms with Crippen molar-refractivity contribution in [1.29, 1.82) is 0 Å². The van der Waals surface area contributed by atoms with Crippen LogP contribution in [0.15, 0.2) is 0 Å². The van der Waals surface area contributed by atoms with Gasteiger partial charge in [0.05, 0.1) is 0 Å². The predicted molar refractivity (Wildman–Crippen MR) is 49.3 cm³/mol. The van der Waals surface area contributed by atoms with E-state index in [0.717, 1.165) is 0 Å². The second-order valence-corrected chi connectivity index (χ2v) is 3.78. The van der Waals surface area contributed by atoms with Crippen LogP contribution in [0, 0.1) is 0 Å². The van der Waals surface area contributed by atoms with Gasteiger partial charge in [0, 0.05) is 13.5 Å². The minimum Gasteiger partial charge on any atom is -0.359 e. The summed E-state index contributed by atoms with van der Waals surface area (Å²) in [6.07, 6.45) is -3.18. The number of hydrogen-bond acceptors (Lipinski definition) is 2. The molecule has 0 aliphatic heterocycles. The lowest BCUT2D eigenvalue weighted by atomic mass is 10.2. The number of hydrogen-bond donors (Lipinski definition) is 2. The number of amides is 1. The molecule has 1 fully saturated rings. The first-order valence-corrected chi connectivity index (χ1v) is 4.94. The van der Waals surface area contributed by atoms with Crippen LogP contribution in [-0.2, 0) is 4.79 Å². The average Bonchev–Trinajstić information content (AvgIpc) is 2.92. The maximum atomic E-state index is 12.4. The van der Waals surface area contributed by atoms with E-state index in [1.165, 1.54) is 7.05 Å². The van der Waals surface area contributed by atoms with Crippen LogP contribution in [-0.4, -0.2) is 31.2 Å². The summed E-state index contributed by atoms with van der Waals surface area (Å²) in [6, 6.07) is 0. The molecule has 0 bridgehead atoms. The smallest absolute Gasteiger partial charge is 0.359 e. The minimum absolute atomic E-state index is 0.145. The van der Waals surface area contributed by atoms with Crippen molar-refractivity contribution in [2.45, 2.75) is 37.4 Å². The minimum atomic E-state index is -4.17. The van der Waals surface area contributed by atoms with Gasteiger partial charge in [0.2, 0.25) is 5.91 Å². The predicted octanol–water partition coefficient (Wildman–Crippen LogP) is 1.20. The zero-order valence-corrected chi connectivity index (χ0v) is 8.58. The van der Waals surface area contributed by atoms with Crippen molar-refractivity contribution in [2.75, 3.05) is 13.6 Å². The molecule has 1 saturated carbocycles. The molecule has 0 spiro atoms. The molecule has 1 rings (SSSR count). The average molecular weight is 224 g/mol. The standard InChI is InChI=1S/C9H15F3N2O/c1-13-7(15)3-2-6-14-8(4-5-8)9(10,11)12/h14H,2-6H2,1H3,(H,13,15). The van der Waals surface area contributed by atoms with Crippen LogP contribution >= 0.6 is 0 Å². The first-order valence-electron chi connectivity index (χ1n) is 4.94. The number of halogens is 3. The Balaban J connectivity index is 2.18. The van der Waals surface area contributed by atoms with Gasteiger partial charge < -0.3 is 10.6 Å². The Morgan fingerprint density at radius 2 is 2.00 bits per heavy atom. The molecule has 0 atom stereocenters. The third-order valence-electron chi connectivity index (χ3n) is 2.62. The van der Waals surface area contributed by atoms with E-state index >= 15 is 0 Å². The largest absolute Gasteiger partial charge is 0.406 e. The number of alkyl halides is 3. The van der Waals surface area contributed by atoms with Crippen LogP contribution in [0.4, 0.5) is 13.2 Å². The Morgan fingerprint density at radius 3 is 2.40 bits per heavy atom. The van der Waals surface area contributed by atoms with E-state index in [0.29, 0.717) is 6.42 Å². The summed E-state index contributed by atoms with van der Waals surface area (Å²) in [5.41, 5.74) is -1.66. The van der Waals surface area contributed by atoms with Crippen LogP contribution in [0.1, 0.15) is 25.7 Å². The summed E-state index contributed by atoms with van der Waals surface area (Å²) in [7, 11) is 1.51. The monoisotopic (exact) mass is 224 g/mol. The quantitative estimate of drug-likeness (QED) is 0.689. The van der Waals surface area contributed by atoms with Crippen LogP contribution in [0.5, 0.6) is 0 Å². The molecule has 0 aromatic carbocycles. The molecule has 1 aliphatic rings. The van der Waals surface area contributed by atoms with Crippen molar-refractivity contribution in [3.8, 4) is 0 Å². The van der Waals surface area contributed by atoms with Gasteiger partial charge in [-0.3, -0.25) is 4.79 Å². The highest BCUT2D eigenvalue weighted by Gasteiger charge is 2.62. The van der Waals surface area contributed by atoms with Gasteiger partial charge in [-0.25, -0.2) is 0 Å². The molecule has 0 heterocycles. The molecule has 0 radical (unpaired) electrons. The van der Waals surface area contributed by atoms with Gasteiger partial charge in [0.25, 0.3) is 0 Å². The third kappa shape index (κ3) is 3.09. The van der Waals surface area contributed by atoms with Crippen molar-refractivity contribution in [3.63, 3.8) is 0 Å². The van der Waals surface area contributed by atoms with Crippen molar-refractivity contribution in [3.05, 3.63) is 0 Å². The fourth-order valence-electron chi connectivity index (χ4n) is 1.39. The summed E-state index contributed by atoms with van der Waals surface area (Å²) in [6.45, 7) is 0.229. The summed E-state index contributed by atoms with van der Waals surface area (Å²) in [5, 5.41) is 4.90. The van der Waals surface area contributed by atoms with Crippen LogP contribution in [0.3, 0.4) is 0 Å². The molecule has 0 unspecified atom stereocenters. The molecule has 1 aliphatic carbocycles. The highest BCUT2D eigenvalue weighted by atomic mass is 19.4. The molecule has 2 N–H and O–H groups in total. The van der Waals surface area contributed by atoms with Gasteiger partial charge in [0.1, 0.15) is 5.54 Å². The normalized spacial score (nSPS) is 18.7. The van der Waals surface area contributed by atoms with E-state index in [1.807, 2.05) is 0 Å². The van der Waals surface area contributed by atoms with E-state index in [1.54, 1.807) is 0 Å². The maximum Gasteiger partial charge on any atom is 0.406 e. The van der Waals surface area contributed by atoms with E-state index in [-0.39, 0.29) is 31.7 Å². The van der Waals surface area contributed by atoms with Crippen LogP contribution in [0.2, 0.25) is 0 Å². The van der Waals surface area contributed by atoms with Gasteiger partial charge in [-0.05, 0) is 25.8 Å². The first-order chi connectivity index (χ1) is 6.91. The molecule has 0 aromatic heterocycles. The fraction of sp³-hybridized carbons (Fsp3) is 0.889. The zero-order valence-electron chi connectivity index (χ0n) is 8.58. The molecular weight excluding hydrogens is 209 g/mol. The Labute approximate surface area is 86.4 Å². The van der Waals surface area contributed by atoms with E-state index in [2.05, 4.69) is 10.6 Å². The number of carbonyl (C=O) groups is 1. The lowest BCUT2D eigenvalue weighted by Crippen LogP contribution is -2.45. The third-order valence-corrected chi connectivity index (χ3v) is 2.62. The number of carbonyl (C=O) groups excluding carboxylic acids is 1. The van der Waals surface area contributed by atoms with E-state index < -0.39 is 11.7 Å². The zero-order chi connectivity index (χ0) is 11.5. The molecule has 6 heteroatoms. The first kappa shape index (κ1) is 12.3. The van der Waals surface area contributed by atoms with E-state index in [4.69, 9.17) is 0 Å². The van der Waals surface area contributed by atoms with Gasteiger partial charge in [-0.15, -0.1) is 0 Å². The van der Waals surface area contributed by atoms with Gasteiger partial charge in [0.15, 0.2) is 0 Å². The van der Waals surface area contributed by atoms with Gasteiger partial charge >= 0.3 is 6.18 Å². The second kappa shape index (κ2) is 4.38. The lowest BCUT2D eigenvalue weighted by Gasteiger charge is -2.20. The van der Waals surface area contributed by atoms with Gasteiger partial charge in [-0.1, -0.05) is 0 Å². The molecular formula is C9H15F3N2O. The summed E-state index contributed by atoms with van der Waals surface area (Å²) >= 11 is 0. The topological polar surface area (TPSA) is 41.1 Å². The molecule has 1 amide bonds. The van der Waals surface area contributed by atoms with Crippen molar-refractivity contribution < 1.29 is 18.0 Å². The van der Waals surface area contributed by atoms with Crippen molar-refractivity contribution in [1.82, 2.24) is 10.6 Å². The Kier molecular flexibility index (Phi) is 3.59. The summed E-state index contributed by atoms with van der Waals surface area (Å²) in [4.78, 5) is 10.8. The SMILES string of the molecule is CNC(=O)CCCNC1(C(F)(F)F)CC1. The van der Waals surface area contributed by atoms with Crippen molar-refractivity contribution in [2.24, 2.45) is 0 Å². The highest BCUT2D eigenvalue weighted by molar-refractivity contribution is 5.75. The van der Waals surface area contributed by atoms with Crippen molar-refractivity contribution >= 4 is 5.91 Å². The fourth-order valence-corrected chi connectivity index (χ4v) is 1.39. The highest BCUT2D eigenvalue weighted by Crippen LogP contribution is 2.48. The number of nitrogens with one attached hydrogen (secondary N) is 2. The summed E-state index contributed by atoms with van der Waals surface area (Å²) < 4.78 is 37.2. The number of rotatable bonds is 5. The second-order valence-electron chi connectivity index (χ2n) is 3.78. The Morgan fingerprint density at radius 1 is 1.40 bits per heavy atom. The molecule has 0 aromatic rings. The summed E-state index contributed by atoms with van der Waals surface area (Å²) in [5.74, 6) is -0.145. The molecule has 15 heavy (non-hydrogen) atoms. The van der Waals surface area contributed by atoms with Crippen LogP contribution in [0.25, 0.3) is 0 Å². The molecule has 0 saturated heterocycles. The Hall–Kier alpha value is -0.780. The van der Waals surface area contributed by atoms with E-state index in [9.17, 15) is 18.0 Å².